The molecule has 18 heavy (non-hydrogen) atoms. The van der Waals surface area contributed by atoms with E-state index < -0.39 is 17.7 Å². The molecule has 1 unspecified atom stereocenters. The van der Waals surface area contributed by atoms with Crippen LogP contribution in [0.15, 0.2) is 12.1 Å². The number of benzene rings is 1. The Balaban J connectivity index is 2.88. The third-order valence-corrected chi connectivity index (χ3v) is 2.69. The van der Waals surface area contributed by atoms with Crippen molar-refractivity contribution in [1.29, 1.82) is 0 Å². The lowest BCUT2D eigenvalue weighted by Crippen LogP contribution is -2.39. The summed E-state index contributed by atoms with van der Waals surface area (Å²) in [7, 11) is 1.65. The fraction of sp³-hybridized carbons (Fsp3) is 0.417. The molecule has 0 aromatic heterocycles. The molecule has 0 aliphatic rings. The summed E-state index contributed by atoms with van der Waals surface area (Å²) < 4.78 is 26.3. The SMILES string of the molecule is CCN(C)C(=O)C(C)Nc1cc(F)cc(F)c1N. The van der Waals surface area contributed by atoms with Crippen molar-refractivity contribution in [2.24, 2.45) is 0 Å². The number of anilines is 2. The first kappa shape index (κ1) is 14.2. The van der Waals surface area contributed by atoms with Crippen LogP contribution in [-0.4, -0.2) is 30.4 Å². The maximum atomic E-state index is 13.2. The normalized spacial score (nSPS) is 12.1. The minimum atomic E-state index is -0.846. The summed E-state index contributed by atoms with van der Waals surface area (Å²) in [5, 5.41) is 2.71. The van der Waals surface area contributed by atoms with Crippen LogP contribution in [0.3, 0.4) is 0 Å². The second-order valence-electron chi connectivity index (χ2n) is 4.07. The van der Waals surface area contributed by atoms with Crippen molar-refractivity contribution >= 4 is 17.3 Å². The van der Waals surface area contributed by atoms with Gasteiger partial charge in [0.15, 0.2) is 5.82 Å². The summed E-state index contributed by atoms with van der Waals surface area (Å²) in [5.74, 6) is -1.77. The number of nitrogens with zero attached hydrogens (tertiary/aromatic N) is 1. The van der Waals surface area contributed by atoms with Gasteiger partial charge >= 0.3 is 0 Å². The van der Waals surface area contributed by atoms with Crippen molar-refractivity contribution in [2.45, 2.75) is 19.9 Å². The summed E-state index contributed by atoms with van der Waals surface area (Å²) in [6.45, 7) is 4.00. The Kier molecular flexibility index (Phi) is 4.47. The Morgan fingerprint density at radius 3 is 2.67 bits per heavy atom. The molecule has 1 amide bonds. The molecule has 0 aliphatic heterocycles. The third kappa shape index (κ3) is 3.09. The number of nitrogen functional groups attached to an aromatic ring is 1. The topological polar surface area (TPSA) is 58.4 Å². The number of rotatable bonds is 4. The van der Waals surface area contributed by atoms with E-state index in [1.165, 1.54) is 4.90 Å². The molecule has 1 aromatic rings. The monoisotopic (exact) mass is 257 g/mol. The van der Waals surface area contributed by atoms with E-state index in [9.17, 15) is 13.6 Å². The molecular formula is C12H17F2N3O. The van der Waals surface area contributed by atoms with E-state index in [-0.39, 0.29) is 17.3 Å². The highest BCUT2D eigenvalue weighted by Gasteiger charge is 2.18. The molecule has 1 aromatic carbocycles. The number of hydrogen-bond donors (Lipinski definition) is 2. The number of hydrogen-bond acceptors (Lipinski definition) is 3. The van der Waals surface area contributed by atoms with Crippen LogP contribution in [0.1, 0.15) is 13.8 Å². The van der Waals surface area contributed by atoms with Gasteiger partial charge in [-0.3, -0.25) is 4.79 Å². The molecule has 0 aliphatic carbocycles. The highest BCUT2D eigenvalue weighted by molar-refractivity contribution is 5.85. The van der Waals surface area contributed by atoms with Crippen molar-refractivity contribution in [2.75, 3.05) is 24.6 Å². The number of carbonyl (C=O) groups is 1. The largest absolute Gasteiger partial charge is 0.395 e. The maximum Gasteiger partial charge on any atom is 0.244 e. The molecule has 1 rings (SSSR count). The number of likely N-dealkylation sites (N-methyl/N-ethyl adjacent to an activating group) is 1. The summed E-state index contributed by atoms with van der Waals surface area (Å²) in [4.78, 5) is 13.3. The van der Waals surface area contributed by atoms with E-state index in [0.29, 0.717) is 12.6 Å². The lowest BCUT2D eigenvalue weighted by Gasteiger charge is -2.22. The number of nitrogens with two attached hydrogens (primary N) is 1. The van der Waals surface area contributed by atoms with Gasteiger partial charge in [-0.05, 0) is 19.9 Å². The first-order valence-corrected chi connectivity index (χ1v) is 5.62. The lowest BCUT2D eigenvalue weighted by atomic mass is 10.2. The molecule has 0 radical (unpaired) electrons. The summed E-state index contributed by atoms with van der Waals surface area (Å²) in [5.41, 5.74) is 5.36. The predicted molar refractivity (Wildman–Crippen MR) is 67.2 cm³/mol. The second kappa shape index (κ2) is 5.66. The van der Waals surface area contributed by atoms with E-state index in [4.69, 9.17) is 5.73 Å². The average molecular weight is 257 g/mol. The molecular weight excluding hydrogens is 240 g/mol. The van der Waals surface area contributed by atoms with Crippen LogP contribution in [0.2, 0.25) is 0 Å². The molecule has 0 saturated carbocycles. The Hall–Kier alpha value is -1.85. The zero-order valence-corrected chi connectivity index (χ0v) is 10.6. The number of carbonyl (C=O) groups excluding carboxylic acids is 1. The third-order valence-electron chi connectivity index (χ3n) is 2.69. The van der Waals surface area contributed by atoms with Gasteiger partial charge in [-0.1, -0.05) is 0 Å². The van der Waals surface area contributed by atoms with Gasteiger partial charge in [0.2, 0.25) is 5.91 Å². The quantitative estimate of drug-likeness (QED) is 0.809. The standard InChI is InChI=1S/C12H17F2N3O/c1-4-17(3)12(18)7(2)16-10-6-8(13)5-9(14)11(10)15/h5-7,16H,4,15H2,1-3H3. The zero-order valence-electron chi connectivity index (χ0n) is 10.6. The molecule has 0 heterocycles. The molecule has 3 N–H and O–H groups in total. The van der Waals surface area contributed by atoms with Crippen LogP contribution >= 0.6 is 0 Å². The number of halogens is 2. The zero-order chi connectivity index (χ0) is 13.9. The lowest BCUT2D eigenvalue weighted by molar-refractivity contribution is -0.130. The Labute approximate surface area is 105 Å². The fourth-order valence-corrected chi connectivity index (χ4v) is 1.49. The minimum Gasteiger partial charge on any atom is -0.395 e. The molecule has 0 saturated heterocycles. The van der Waals surface area contributed by atoms with Crippen molar-refractivity contribution in [1.82, 2.24) is 4.90 Å². The van der Waals surface area contributed by atoms with Crippen LogP contribution in [-0.2, 0) is 4.79 Å². The molecule has 0 bridgehead atoms. The van der Waals surface area contributed by atoms with Gasteiger partial charge in [-0.15, -0.1) is 0 Å². The van der Waals surface area contributed by atoms with E-state index in [0.717, 1.165) is 6.07 Å². The second-order valence-corrected chi connectivity index (χ2v) is 4.07. The molecule has 100 valence electrons. The van der Waals surface area contributed by atoms with E-state index in [1.807, 2.05) is 6.92 Å². The minimum absolute atomic E-state index is 0.0813. The van der Waals surface area contributed by atoms with Crippen molar-refractivity contribution in [3.63, 3.8) is 0 Å². The Morgan fingerprint density at radius 2 is 2.11 bits per heavy atom. The predicted octanol–water partition coefficient (Wildman–Crippen LogP) is 1.83. The molecule has 0 fully saturated rings. The van der Waals surface area contributed by atoms with Gasteiger partial charge in [0.25, 0.3) is 0 Å². The van der Waals surface area contributed by atoms with Crippen LogP contribution in [0.5, 0.6) is 0 Å². The van der Waals surface area contributed by atoms with Gasteiger partial charge in [0.1, 0.15) is 11.9 Å². The first-order valence-electron chi connectivity index (χ1n) is 5.62. The van der Waals surface area contributed by atoms with Crippen LogP contribution in [0.4, 0.5) is 20.2 Å². The van der Waals surface area contributed by atoms with Crippen molar-refractivity contribution < 1.29 is 13.6 Å². The van der Waals surface area contributed by atoms with Gasteiger partial charge in [-0.2, -0.15) is 0 Å². The van der Waals surface area contributed by atoms with Crippen molar-refractivity contribution in [3.05, 3.63) is 23.8 Å². The average Bonchev–Trinajstić information content (AvgIpc) is 2.33. The van der Waals surface area contributed by atoms with E-state index >= 15 is 0 Å². The molecule has 6 heteroatoms. The summed E-state index contributed by atoms with van der Waals surface area (Å²) in [6.07, 6.45) is 0. The maximum absolute atomic E-state index is 13.2. The van der Waals surface area contributed by atoms with Crippen LogP contribution < -0.4 is 11.1 Å². The smallest absolute Gasteiger partial charge is 0.244 e. The Morgan fingerprint density at radius 1 is 1.50 bits per heavy atom. The molecule has 0 spiro atoms. The highest BCUT2D eigenvalue weighted by atomic mass is 19.1. The van der Waals surface area contributed by atoms with Crippen LogP contribution in [0, 0.1) is 11.6 Å². The highest BCUT2D eigenvalue weighted by Crippen LogP contribution is 2.24. The summed E-state index contributed by atoms with van der Waals surface area (Å²) in [6, 6.07) is 1.15. The molecule has 1 atom stereocenters. The van der Waals surface area contributed by atoms with Crippen LogP contribution in [0.25, 0.3) is 0 Å². The van der Waals surface area contributed by atoms with Gasteiger partial charge in [-0.25, -0.2) is 8.78 Å². The Bertz CT molecular complexity index is 451. The molecule has 4 nitrogen and oxygen atoms in total. The van der Waals surface area contributed by atoms with E-state index in [2.05, 4.69) is 5.32 Å². The van der Waals surface area contributed by atoms with Crippen molar-refractivity contribution in [3.8, 4) is 0 Å². The number of nitrogens with one attached hydrogen (secondary N) is 1. The van der Waals surface area contributed by atoms with Gasteiger partial charge < -0.3 is 16.0 Å². The first-order chi connectivity index (χ1) is 8.36. The van der Waals surface area contributed by atoms with Gasteiger partial charge in [0, 0.05) is 19.7 Å². The van der Waals surface area contributed by atoms with E-state index in [1.54, 1.807) is 14.0 Å². The van der Waals surface area contributed by atoms with Gasteiger partial charge in [0.05, 0.1) is 11.4 Å². The fourth-order valence-electron chi connectivity index (χ4n) is 1.49. The summed E-state index contributed by atoms with van der Waals surface area (Å²) >= 11 is 0. The number of amides is 1.